The van der Waals surface area contributed by atoms with E-state index in [1.807, 2.05) is 18.2 Å². The number of carbonyl (C=O) groups excluding carboxylic acids is 2. The molecule has 0 spiro atoms. The van der Waals surface area contributed by atoms with Crippen LogP contribution in [0, 0.1) is 11.6 Å². The van der Waals surface area contributed by atoms with Gasteiger partial charge in [-0.1, -0.05) is 18.2 Å². The van der Waals surface area contributed by atoms with Crippen molar-refractivity contribution in [2.24, 2.45) is 0 Å². The largest absolute Gasteiger partial charge is 0.325 e. The number of benzene rings is 2. The van der Waals surface area contributed by atoms with Gasteiger partial charge in [-0.3, -0.25) is 14.5 Å². The van der Waals surface area contributed by atoms with Crippen molar-refractivity contribution in [3.8, 4) is 11.3 Å². The molecule has 0 bridgehead atoms. The normalized spacial score (nSPS) is 10.8. The van der Waals surface area contributed by atoms with Crippen LogP contribution in [0.25, 0.3) is 11.3 Å². The minimum absolute atomic E-state index is 0.0116. The van der Waals surface area contributed by atoms with Gasteiger partial charge in [-0.15, -0.1) is 11.3 Å². The molecule has 0 atom stereocenters. The Hall–Kier alpha value is -3.17. The smallest absolute Gasteiger partial charge is 0.240 e. The van der Waals surface area contributed by atoms with Crippen LogP contribution in [0.2, 0.25) is 0 Å². The molecule has 0 unspecified atom stereocenters. The van der Waals surface area contributed by atoms with Crippen molar-refractivity contribution in [1.82, 2.24) is 9.88 Å². The number of thiazole rings is 1. The molecule has 2 aromatic carbocycles. The summed E-state index contributed by atoms with van der Waals surface area (Å²) in [6, 6.07) is 12.5. The van der Waals surface area contributed by atoms with E-state index < -0.39 is 11.6 Å². The van der Waals surface area contributed by atoms with Crippen molar-refractivity contribution in [3.05, 3.63) is 65.5 Å². The maximum absolute atomic E-state index is 13.4. The number of amides is 2. The number of likely N-dealkylation sites (N-methyl/N-ethyl adjacent to an activating group) is 1. The second kappa shape index (κ2) is 9.35. The highest BCUT2D eigenvalue weighted by molar-refractivity contribution is 7.14. The average molecular weight is 416 g/mol. The molecule has 0 radical (unpaired) electrons. The van der Waals surface area contributed by atoms with E-state index in [1.165, 1.54) is 17.4 Å². The fourth-order valence-electron chi connectivity index (χ4n) is 2.55. The zero-order valence-corrected chi connectivity index (χ0v) is 16.3. The van der Waals surface area contributed by atoms with E-state index in [2.05, 4.69) is 15.6 Å². The van der Waals surface area contributed by atoms with Crippen LogP contribution in [0.5, 0.6) is 0 Å². The van der Waals surface area contributed by atoms with Gasteiger partial charge in [0.15, 0.2) is 16.8 Å². The highest BCUT2D eigenvalue weighted by Gasteiger charge is 2.13. The van der Waals surface area contributed by atoms with Gasteiger partial charge in [-0.05, 0) is 37.4 Å². The summed E-state index contributed by atoms with van der Waals surface area (Å²) >= 11 is 1.17. The third kappa shape index (κ3) is 5.90. The Morgan fingerprint density at radius 3 is 2.38 bits per heavy atom. The molecule has 0 fully saturated rings. The second-order valence-electron chi connectivity index (χ2n) is 6.30. The minimum atomic E-state index is -0.962. The lowest BCUT2D eigenvalue weighted by Crippen LogP contribution is -2.36. The lowest BCUT2D eigenvalue weighted by Gasteiger charge is -2.15. The molecule has 0 saturated heterocycles. The Bertz CT molecular complexity index is 1010. The molecule has 2 amide bonds. The van der Waals surface area contributed by atoms with Crippen molar-refractivity contribution in [2.75, 3.05) is 30.8 Å². The second-order valence-corrected chi connectivity index (χ2v) is 7.16. The van der Waals surface area contributed by atoms with Gasteiger partial charge in [0, 0.05) is 16.6 Å². The van der Waals surface area contributed by atoms with E-state index in [9.17, 15) is 18.4 Å². The molecule has 3 aromatic rings. The highest BCUT2D eigenvalue weighted by atomic mass is 32.1. The van der Waals surface area contributed by atoms with Crippen LogP contribution in [0.4, 0.5) is 19.6 Å². The number of anilines is 2. The van der Waals surface area contributed by atoms with Gasteiger partial charge >= 0.3 is 0 Å². The maximum atomic E-state index is 13.4. The number of carbonyl (C=O) groups is 2. The van der Waals surface area contributed by atoms with E-state index in [1.54, 1.807) is 29.5 Å². The molecule has 0 aliphatic heterocycles. The van der Waals surface area contributed by atoms with Crippen molar-refractivity contribution in [1.29, 1.82) is 0 Å². The van der Waals surface area contributed by atoms with E-state index in [-0.39, 0.29) is 24.9 Å². The molecule has 0 aliphatic rings. The summed E-state index contributed by atoms with van der Waals surface area (Å²) < 4.78 is 26.4. The molecule has 0 saturated carbocycles. The van der Waals surface area contributed by atoms with Gasteiger partial charge < -0.3 is 10.6 Å². The van der Waals surface area contributed by atoms with Crippen molar-refractivity contribution >= 4 is 34.0 Å². The van der Waals surface area contributed by atoms with Gasteiger partial charge in [-0.2, -0.15) is 0 Å². The third-order valence-electron chi connectivity index (χ3n) is 3.85. The van der Waals surface area contributed by atoms with E-state index in [0.29, 0.717) is 22.1 Å². The Labute approximate surface area is 170 Å². The summed E-state index contributed by atoms with van der Waals surface area (Å²) in [6.45, 7) is 0.0303. The number of rotatable bonds is 7. The summed E-state index contributed by atoms with van der Waals surface area (Å²) in [5, 5.41) is 7.35. The topological polar surface area (TPSA) is 74.3 Å². The average Bonchev–Trinajstić information content (AvgIpc) is 3.12. The lowest BCUT2D eigenvalue weighted by atomic mass is 10.2. The van der Waals surface area contributed by atoms with Crippen molar-refractivity contribution < 1.29 is 18.4 Å². The number of halogens is 2. The molecule has 150 valence electrons. The lowest BCUT2D eigenvalue weighted by molar-refractivity contribution is -0.119. The first-order valence-electron chi connectivity index (χ1n) is 8.65. The van der Waals surface area contributed by atoms with Crippen LogP contribution < -0.4 is 10.6 Å². The van der Waals surface area contributed by atoms with E-state index >= 15 is 0 Å². The Kier molecular flexibility index (Phi) is 6.63. The van der Waals surface area contributed by atoms with Gasteiger partial charge in [0.2, 0.25) is 11.8 Å². The summed E-state index contributed by atoms with van der Waals surface area (Å²) in [5.74, 6) is -2.47. The molecule has 1 heterocycles. The fraction of sp³-hybridized carbons (Fsp3) is 0.150. The SMILES string of the molecule is CN(CC(=O)Nc1ccccc1)CC(=O)Nc1nc(-c2ccc(F)c(F)c2)cs1. The van der Waals surface area contributed by atoms with Gasteiger partial charge in [0.1, 0.15) is 0 Å². The fourth-order valence-corrected chi connectivity index (χ4v) is 3.28. The quantitative estimate of drug-likeness (QED) is 0.617. The Balaban J connectivity index is 1.50. The summed E-state index contributed by atoms with van der Waals surface area (Å²) in [5.41, 5.74) is 1.53. The first-order chi connectivity index (χ1) is 13.9. The predicted molar refractivity (Wildman–Crippen MR) is 109 cm³/mol. The van der Waals surface area contributed by atoms with Crippen LogP contribution in [0.1, 0.15) is 0 Å². The molecule has 29 heavy (non-hydrogen) atoms. The zero-order valence-electron chi connectivity index (χ0n) is 15.5. The zero-order chi connectivity index (χ0) is 20.8. The first kappa shape index (κ1) is 20.6. The van der Waals surface area contributed by atoms with Gasteiger partial charge in [0.05, 0.1) is 18.8 Å². The van der Waals surface area contributed by atoms with Crippen LogP contribution in [0.3, 0.4) is 0 Å². The number of para-hydroxylation sites is 1. The minimum Gasteiger partial charge on any atom is -0.325 e. The maximum Gasteiger partial charge on any atom is 0.240 e. The molecule has 6 nitrogen and oxygen atoms in total. The monoisotopic (exact) mass is 416 g/mol. The van der Waals surface area contributed by atoms with Gasteiger partial charge in [0.25, 0.3) is 0 Å². The van der Waals surface area contributed by atoms with Crippen molar-refractivity contribution in [2.45, 2.75) is 0 Å². The summed E-state index contributed by atoms with van der Waals surface area (Å²) in [4.78, 5) is 30.0. The molecule has 3 rings (SSSR count). The first-order valence-corrected chi connectivity index (χ1v) is 9.53. The predicted octanol–water partition coefficient (Wildman–Crippen LogP) is 3.60. The van der Waals surface area contributed by atoms with Crippen LogP contribution >= 0.6 is 11.3 Å². The molecule has 9 heteroatoms. The highest BCUT2D eigenvalue weighted by Crippen LogP contribution is 2.26. The molecular weight excluding hydrogens is 398 g/mol. The van der Waals surface area contributed by atoms with Gasteiger partial charge in [-0.25, -0.2) is 13.8 Å². The van der Waals surface area contributed by atoms with Crippen LogP contribution in [-0.2, 0) is 9.59 Å². The number of hydrogen-bond acceptors (Lipinski definition) is 5. The molecular formula is C20H18F2N4O2S. The van der Waals surface area contributed by atoms with Crippen molar-refractivity contribution in [3.63, 3.8) is 0 Å². The number of hydrogen-bond donors (Lipinski definition) is 2. The molecule has 0 aliphatic carbocycles. The molecule has 2 N–H and O–H groups in total. The standard InChI is InChI=1S/C20H18F2N4O2S/c1-26(10-18(27)23-14-5-3-2-4-6-14)11-19(28)25-20-24-17(12-29-20)13-7-8-15(21)16(22)9-13/h2-9,12H,10-11H2,1H3,(H,23,27)(H,24,25,28). The number of nitrogens with one attached hydrogen (secondary N) is 2. The number of nitrogens with zero attached hydrogens (tertiary/aromatic N) is 2. The van der Waals surface area contributed by atoms with Crippen LogP contribution in [-0.4, -0.2) is 41.8 Å². The molecule has 1 aromatic heterocycles. The summed E-state index contributed by atoms with van der Waals surface area (Å²) in [6.07, 6.45) is 0. The Morgan fingerprint density at radius 2 is 1.69 bits per heavy atom. The summed E-state index contributed by atoms with van der Waals surface area (Å²) in [7, 11) is 1.65. The van der Waals surface area contributed by atoms with Crippen LogP contribution in [0.15, 0.2) is 53.9 Å². The Morgan fingerprint density at radius 1 is 1.00 bits per heavy atom. The van der Waals surface area contributed by atoms with E-state index in [4.69, 9.17) is 0 Å². The number of aromatic nitrogens is 1. The third-order valence-corrected chi connectivity index (χ3v) is 4.61. The van der Waals surface area contributed by atoms with E-state index in [0.717, 1.165) is 12.1 Å².